The molecule has 45 heavy (non-hydrogen) atoms. The molecule has 0 bridgehead atoms. The number of anilines is 1. The van der Waals surface area contributed by atoms with E-state index < -0.39 is 23.7 Å². The van der Waals surface area contributed by atoms with Gasteiger partial charge >= 0.3 is 6.18 Å². The molecule has 0 aliphatic carbocycles. The largest absolute Gasteiger partial charge is 0.436 e. The van der Waals surface area contributed by atoms with Gasteiger partial charge in [0.25, 0.3) is 11.8 Å². The number of benzene rings is 2. The number of amides is 2. The van der Waals surface area contributed by atoms with Gasteiger partial charge < -0.3 is 11.1 Å². The van der Waals surface area contributed by atoms with Crippen LogP contribution in [-0.2, 0) is 19.3 Å². The Labute approximate surface area is 261 Å². The number of fused-ring (bicyclic) bond motifs is 1. The molecular formula is C28H19Cl2F3N10O2. The Balaban J connectivity index is 1.38. The predicted octanol–water partition coefficient (Wildman–Crippen LogP) is 4.98. The summed E-state index contributed by atoms with van der Waals surface area (Å²) in [5.74, 6) is -1.64. The first kappa shape index (κ1) is 29.8. The van der Waals surface area contributed by atoms with Gasteiger partial charge in [-0.05, 0) is 29.8 Å². The van der Waals surface area contributed by atoms with E-state index in [2.05, 4.69) is 30.8 Å². The second-order valence-corrected chi connectivity index (χ2v) is 10.5. The van der Waals surface area contributed by atoms with Crippen LogP contribution in [-0.4, -0.2) is 51.4 Å². The second-order valence-electron chi connectivity index (χ2n) is 9.72. The Morgan fingerprint density at radius 1 is 0.933 bits per heavy atom. The molecule has 0 fully saturated rings. The van der Waals surface area contributed by atoms with Crippen molar-refractivity contribution in [3.63, 3.8) is 0 Å². The van der Waals surface area contributed by atoms with Crippen LogP contribution in [0.3, 0.4) is 0 Å². The fraction of sp³-hybridized carbons (Fsp3) is 0.107. The molecule has 2 amide bonds. The van der Waals surface area contributed by atoms with Crippen LogP contribution in [0.1, 0.15) is 37.8 Å². The molecule has 0 radical (unpaired) electrons. The van der Waals surface area contributed by atoms with Crippen molar-refractivity contribution in [2.45, 2.75) is 19.3 Å². The van der Waals surface area contributed by atoms with E-state index in [9.17, 15) is 22.8 Å². The third-order valence-electron chi connectivity index (χ3n) is 6.56. The van der Waals surface area contributed by atoms with Gasteiger partial charge in [0.15, 0.2) is 11.5 Å². The zero-order chi connectivity index (χ0) is 31.9. The monoisotopic (exact) mass is 654 g/mol. The molecule has 0 spiro atoms. The maximum atomic E-state index is 13.8. The summed E-state index contributed by atoms with van der Waals surface area (Å²) in [5.41, 5.74) is 5.50. The zero-order valence-electron chi connectivity index (χ0n) is 22.7. The van der Waals surface area contributed by atoms with E-state index in [1.54, 1.807) is 16.9 Å². The summed E-state index contributed by atoms with van der Waals surface area (Å²) in [4.78, 5) is 30.7. The number of nitrogens with zero attached hydrogens (tertiary/aromatic N) is 8. The van der Waals surface area contributed by atoms with Gasteiger partial charge in [-0.2, -0.15) is 23.4 Å². The van der Waals surface area contributed by atoms with E-state index in [4.69, 9.17) is 28.9 Å². The molecule has 0 saturated heterocycles. The van der Waals surface area contributed by atoms with Crippen molar-refractivity contribution in [2.24, 2.45) is 5.73 Å². The fourth-order valence-electron chi connectivity index (χ4n) is 4.61. The molecule has 12 nitrogen and oxygen atoms in total. The van der Waals surface area contributed by atoms with Crippen molar-refractivity contribution in [2.75, 3.05) is 5.32 Å². The van der Waals surface area contributed by atoms with Gasteiger partial charge in [-0.1, -0.05) is 58.7 Å². The molecule has 0 aliphatic rings. The van der Waals surface area contributed by atoms with Crippen molar-refractivity contribution < 1.29 is 22.8 Å². The summed E-state index contributed by atoms with van der Waals surface area (Å²) in [7, 11) is 0. The first-order valence-electron chi connectivity index (χ1n) is 13.0. The van der Waals surface area contributed by atoms with Gasteiger partial charge in [-0.15, -0.1) is 5.10 Å². The van der Waals surface area contributed by atoms with Gasteiger partial charge in [0.2, 0.25) is 0 Å². The number of primary amides is 1. The molecule has 228 valence electrons. The third kappa shape index (κ3) is 6.07. The Morgan fingerprint density at radius 3 is 2.40 bits per heavy atom. The van der Waals surface area contributed by atoms with Gasteiger partial charge in [0.05, 0.1) is 46.3 Å². The van der Waals surface area contributed by atoms with Crippen molar-refractivity contribution in [1.29, 1.82) is 0 Å². The summed E-state index contributed by atoms with van der Waals surface area (Å²) in [6.07, 6.45) is -0.873. The number of carbonyl (C=O) groups excluding carboxylic acids is 2. The average molecular weight is 655 g/mol. The van der Waals surface area contributed by atoms with Gasteiger partial charge in [0, 0.05) is 17.8 Å². The standard InChI is InChI=1S/C28H19Cl2F3N10O2/c29-18-7-4-8-35-26(18)43-20(10-17(38-43)13-42-14-21(37-40-42)28(31,32)33)27(45)36-24-19(30)9-16-12-41(11-15-5-2-1-3-6-15)39-23(16)22(24)25(34)44/h1-10,12,14H,11,13H2,(H2,34,44)(H,36,45). The minimum Gasteiger partial charge on any atom is -0.365 e. The number of hydrogen-bond donors (Lipinski definition) is 2. The molecule has 0 unspecified atom stereocenters. The quantitative estimate of drug-likeness (QED) is 0.235. The van der Waals surface area contributed by atoms with Crippen LogP contribution < -0.4 is 11.1 Å². The second kappa shape index (κ2) is 11.7. The Kier molecular flexibility index (Phi) is 7.72. The zero-order valence-corrected chi connectivity index (χ0v) is 24.2. The third-order valence-corrected chi connectivity index (χ3v) is 7.15. The van der Waals surface area contributed by atoms with E-state index >= 15 is 0 Å². The van der Waals surface area contributed by atoms with E-state index in [1.807, 2.05) is 30.3 Å². The molecule has 0 atom stereocenters. The Morgan fingerprint density at radius 2 is 1.71 bits per heavy atom. The highest BCUT2D eigenvalue weighted by Gasteiger charge is 2.34. The summed E-state index contributed by atoms with van der Waals surface area (Å²) >= 11 is 12.9. The lowest BCUT2D eigenvalue weighted by atomic mass is 10.1. The lowest BCUT2D eigenvalue weighted by molar-refractivity contribution is -0.141. The Bertz CT molecular complexity index is 2070. The van der Waals surface area contributed by atoms with Crippen LogP contribution in [0.2, 0.25) is 10.0 Å². The SMILES string of the molecule is NC(=O)c1c(NC(=O)c2cc(Cn3cc(C(F)(F)F)nn3)nn2-c2ncccc2Cl)c(Cl)cc2cn(Cc3ccccc3)nc12. The topological polar surface area (TPSA) is 151 Å². The van der Waals surface area contributed by atoms with Crippen LogP contribution in [0.5, 0.6) is 0 Å². The van der Waals surface area contributed by atoms with Crippen LogP contribution in [0, 0.1) is 0 Å². The molecule has 4 aromatic heterocycles. The highest BCUT2D eigenvalue weighted by Crippen LogP contribution is 2.34. The minimum atomic E-state index is -4.69. The summed E-state index contributed by atoms with van der Waals surface area (Å²) in [6, 6.07) is 15.4. The molecule has 4 heterocycles. The van der Waals surface area contributed by atoms with Crippen LogP contribution in [0.15, 0.2) is 73.2 Å². The van der Waals surface area contributed by atoms with Gasteiger partial charge in [-0.25, -0.2) is 14.3 Å². The number of nitrogens with one attached hydrogen (secondary N) is 1. The van der Waals surface area contributed by atoms with Crippen molar-refractivity contribution in [1.82, 2.24) is 39.5 Å². The Hall–Kier alpha value is -5.28. The predicted molar refractivity (Wildman–Crippen MR) is 157 cm³/mol. The van der Waals surface area contributed by atoms with E-state index in [1.165, 1.54) is 24.4 Å². The minimum absolute atomic E-state index is 0.00774. The molecule has 3 N–H and O–H groups in total. The molecule has 2 aromatic carbocycles. The number of rotatable bonds is 8. The number of aromatic nitrogens is 8. The molecular weight excluding hydrogens is 636 g/mol. The average Bonchev–Trinajstić information content (AvgIpc) is 3.73. The summed E-state index contributed by atoms with van der Waals surface area (Å²) in [5, 5.41) is 18.8. The number of alkyl halides is 3. The first-order chi connectivity index (χ1) is 21.5. The molecule has 6 rings (SSSR count). The fourth-order valence-corrected chi connectivity index (χ4v) is 5.07. The van der Waals surface area contributed by atoms with Gasteiger partial charge in [-0.3, -0.25) is 14.3 Å². The number of nitrogens with two attached hydrogens (primary N) is 1. The lowest BCUT2D eigenvalue weighted by Gasteiger charge is -2.13. The van der Waals surface area contributed by atoms with Crippen molar-refractivity contribution >= 4 is 51.6 Å². The number of carbonyl (C=O) groups is 2. The molecule has 0 aliphatic heterocycles. The smallest absolute Gasteiger partial charge is 0.365 e. The maximum absolute atomic E-state index is 13.8. The van der Waals surface area contributed by atoms with E-state index in [0.29, 0.717) is 18.1 Å². The lowest BCUT2D eigenvalue weighted by Crippen LogP contribution is -2.21. The number of hydrogen-bond acceptors (Lipinski definition) is 7. The van der Waals surface area contributed by atoms with E-state index in [-0.39, 0.29) is 50.6 Å². The van der Waals surface area contributed by atoms with Crippen LogP contribution in [0.4, 0.5) is 18.9 Å². The van der Waals surface area contributed by atoms with Gasteiger partial charge in [0.1, 0.15) is 11.2 Å². The first-order valence-corrected chi connectivity index (χ1v) is 13.8. The molecule has 0 saturated carbocycles. The summed E-state index contributed by atoms with van der Waals surface area (Å²) in [6.45, 7) is 0.120. The maximum Gasteiger partial charge on any atom is 0.436 e. The van der Waals surface area contributed by atoms with Crippen LogP contribution >= 0.6 is 23.2 Å². The highest BCUT2D eigenvalue weighted by molar-refractivity contribution is 6.36. The number of halogens is 5. The van der Waals surface area contributed by atoms with E-state index in [0.717, 1.165) is 14.9 Å². The molecule has 6 aromatic rings. The van der Waals surface area contributed by atoms with Crippen LogP contribution in [0.25, 0.3) is 16.7 Å². The normalized spacial score (nSPS) is 11.7. The number of pyridine rings is 1. The highest BCUT2D eigenvalue weighted by atomic mass is 35.5. The molecule has 17 heteroatoms. The van der Waals surface area contributed by atoms with Crippen molar-refractivity contribution in [3.05, 3.63) is 111 Å². The summed E-state index contributed by atoms with van der Waals surface area (Å²) < 4.78 is 42.8. The van der Waals surface area contributed by atoms with Crippen molar-refractivity contribution in [3.8, 4) is 5.82 Å².